The largest absolute Gasteiger partial charge is 0.618 e. The van der Waals surface area contributed by atoms with Gasteiger partial charge in [-0.15, -0.1) is 0 Å². The smallest absolute Gasteiger partial charge is 0.251 e. The molecule has 1 aromatic carbocycles. The average molecular weight is 422 g/mol. The lowest BCUT2D eigenvalue weighted by atomic mass is 10.1. The predicted octanol–water partition coefficient (Wildman–Crippen LogP) is 1.56. The summed E-state index contributed by atoms with van der Waals surface area (Å²) in [6.07, 6.45) is 1.39. The molecule has 0 radical (unpaired) electrons. The molecule has 0 spiro atoms. The van der Waals surface area contributed by atoms with Crippen molar-refractivity contribution in [1.29, 1.82) is 0 Å². The van der Waals surface area contributed by atoms with E-state index in [4.69, 9.17) is 0 Å². The highest BCUT2D eigenvalue weighted by molar-refractivity contribution is 7.99. The maximum Gasteiger partial charge on any atom is 0.251 e. The quantitative estimate of drug-likeness (QED) is 0.416. The summed E-state index contributed by atoms with van der Waals surface area (Å²) in [5.41, 5.74) is 1.98. The highest BCUT2D eigenvalue weighted by Gasteiger charge is 2.30. The molecular formula is C19H23N3O4S2. The monoisotopic (exact) mass is 421 g/mol. The number of nitrogens with zero attached hydrogens (tertiary/aromatic N) is 3. The van der Waals surface area contributed by atoms with Crippen molar-refractivity contribution in [3.8, 4) is 0 Å². The van der Waals surface area contributed by atoms with Crippen LogP contribution in [-0.4, -0.2) is 55.5 Å². The summed E-state index contributed by atoms with van der Waals surface area (Å²) < 4.78 is 27.9. The number of hydrogen-bond acceptors (Lipinski definition) is 5. The van der Waals surface area contributed by atoms with Crippen molar-refractivity contribution in [2.45, 2.75) is 23.8 Å². The van der Waals surface area contributed by atoms with Gasteiger partial charge in [0, 0.05) is 38.3 Å². The number of amides is 1. The Hall–Kier alpha value is -2.10. The minimum Gasteiger partial charge on any atom is -0.618 e. The van der Waals surface area contributed by atoms with Crippen molar-refractivity contribution in [3.63, 3.8) is 0 Å². The standard InChI is InChI=1S/C19H23N3O4S2/c1-15-6-7-17(13-16(15)2)28(25,26)21-11-9-20(10-12-21)18(23)14-27-19-5-3-4-8-22(19)24/h3-8,13H,9-12,14H2,1-2H3. The summed E-state index contributed by atoms with van der Waals surface area (Å²) in [6, 6.07) is 10.2. The van der Waals surface area contributed by atoms with Gasteiger partial charge in [0.2, 0.25) is 15.9 Å². The third-order valence-electron chi connectivity index (χ3n) is 4.84. The summed E-state index contributed by atoms with van der Waals surface area (Å²) in [5, 5.41) is 12.1. The highest BCUT2D eigenvalue weighted by atomic mass is 32.2. The number of carbonyl (C=O) groups is 1. The maximum absolute atomic E-state index is 12.9. The van der Waals surface area contributed by atoms with E-state index in [0.29, 0.717) is 18.1 Å². The molecule has 0 N–H and O–H groups in total. The lowest BCUT2D eigenvalue weighted by Gasteiger charge is -2.34. The van der Waals surface area contributed by atoms with E-state index in [-0.39, 0.29) is 29.6 Å². The van der Waals surface area contributed by atoms with Crippen LogP contribution in [0.1, 0.15) is 11.1 Å². The Morgan fingerprint density at radius 2 is 1.82 bits per heavy atom. The number of thioether (sulfide) groups is 1. The molecule has 28 heavy (non-hydrogen) atoms. The van der Waals surface area contributed by atoms with Crippen LogP contribution < -0.4 is 4.73 Å². The van der Waals surface area contributed by atoms with Crippen LogP contribution in [0.3, 0.4) is 0 Å². The summed E-state index contributed by atoms with van der Waals surface area (Å²) in [7, 11) is -3.57. The Morgan fingerprint density at radius 3 is 2.46 bits per heavy atom. The van der Waals surface area contributed by atoms with Crippen molar-refractivity contribution < 1.29 is 17.9 Å². The number of pyridine rings is 1. The third kappa shape index (κ3) is 4.48. The first-order chi connectivity index (χ1) is 13.3. The fourth-order valence-corrected chi connectivity index (χ4v) is 5.28. The molecule has 0 bridgehead atoms. The van der Waals surface area contributed by atoms with Crippen LogP contribution in [0.5, 0.6) is 0 Å². The Labute approximate surface area is 169 Å². The molecule has 0 aliphatic carbocycles. The SMILES string of the molecule is Cc1ccc(S(=O)(=O)N2CCN(C(=O)CSc3cccc[n+]3[O-])CC2)cc1C. The first kappa shape index (κ1) is 20.6. The van der Waals surface area contributed by atoms with Gasteiger partial charge >= 0.3 is 0 Å². The number of aromatic nitrogens is 1. The third-order valence-corrected chi connectivity index (χ3v) is 7.74. The highest BCUT2D eigenvalue weighted by Crippen LogP contribution is 2.21. The van der Waals surface area contributed by atoms with E-state index in [1.54, 1.807) is 35.2 Å². The van der Waals surface area contributed by atoms with E-state index in [1.165, 1.54) is 22.3 Å². The summed E-state index contributed by atoms with van der Waals surface area (Å²) in [6.45, 7) is 5.04. The van der Waals surface area contributed by atoms with E-state index < -0.39 is 10.0 Å². The van der Waals surface area contributed by atoms with E-state index in [9.17, 15) is 18.4 Å². The molecule has 7 nitrogen and oxygen atoms in total. The molecule has 150 valence electrons. The Morgan fingerprint density at radius 1 is 1.11 bits per heavy atom. The van der Waals surface area contributed by atoms with E-state index in [2.05, 4.69) is 0 Å². The number of aryl methyl sites for hydroxylation is 2. The number of rotatable bonds is 5. The van der Waals surface area contributed by atoms with Gasteiger partial charge in [-0.05, 0) is 54.9 Å². The van der Waals surface area contributed by atoms with E-state index in [0.717, 1.165) is 15.9 Å². The van der Waals surface area contributed by atoms with Crippen LogP contribution in [0.25, 0.3) is 0 Å². The number of piperazine rings is 1. The second kappa shape index (κ2) is 8.50. The van der Waals surface area contributed by atoms with Gasteiger partial charge in [0.25, 0.3) is 5.03 Å². The van der Waals surface area contributed by atoms with Crippen molar-refractivity contribution in [2.75, 3.05) is 31.9 Å². The van der Waals surface area contributed by atoms with Gasteiger partial charge in [-0.1, -0.05) is 6.07 Å². The second-order valence-corrected chi connectivity index (χ2v) is 9.62. The zero-order valence-corrected chi connectivity index (χ0v) is 17.5. The Balaban J connectivity index is 1.58. The summed E-state index contributed by atoms with van der Waals surface area (Å²) in [4.78, 5) is 14.4. The molecule has 9 heteroatoms. The first-order valence-electron chi connectivity index (χ1n) is 8.95. The first-order valence-corrected chi connectivity index (χ1v) is 11.4. The maximum atomic E-state index is 12.9. The van der Waals surface area contributed by atoms with Crippen molar-refractivity contribution in [2.24, 2.45) is 0 Å². The predicted molar refractivity (Wildman–Crippen MR) is 107 cm³/mol. The molecule has 1 amide bonds. The lowest BCUT2D eigenvalue weighted by molar-refractivity contribution is -0.645. The lowest BCUT2D eigenvalue weighted by Crippen LogP contribution is -2.51. The molecule has 1 aromatic heterocycles. The second-order valence-electron chi connectivity index (χ2n) is 6.68. The van der Waals surface area contributed by atoms with Gasteiger partial charge in [-0.3, -0.25) is 4.79 Å². The fraction of sp³-hybridized carbons (Fsp3) is 0.368. The van der Waals surface area contributed by atoms with Crippen LogP contribution in [0.2, 0.25) is 0 Å². The number of carbonyl (C=O) groups excluding carboxylic acids is 1. The molecule has 1 fully saturated rings. The minimum atomic E-state index is -3.57. The van der Waals surface area contributed by atoms with Crippen molar-refractivity contribution in [3.05, 3.63) is 58.9 Å². The van der Waals surface area contributed by atoms with Gasteiger partial charge in [-0.2, -0.15) is 9.04 Å². The van der Waals surface area contributed by atoms with Crippen LogP contribution in [-0.2, 0) is 14.8 Å². The van der Waals surface area contributed by atoms with Crippen LogP contribution in [0, 0.1) is 19.1 Å². The summed E-state index contributed by atoms with van der Waals surface area (Å²) >= 11 is 1.18. The normalized spacial score (nSPS) is 15.6. The van der Waals surface area contributed by atoms with Gasteiger partial charge in [0.05, 0.1) is 10.6 Å². The fourth-order valence-electron chi connectivity index (χ4n) is 2.95. The molecule has 1 aliphatic rings. The Kier molecular flexibility index (Phi) is 6.26. The van der Waals surface area contributed by atoms with Gasteiger partial charge < -0.3 is 10.1 Å². The average Bonchev–Trinajstić information content (AvgIpc) is 2.69. The van der Waals surface area contributed by atoms with E-state index >= 15 is 0 Å². The molecule has 3 rings (SSSR count). The molecule has 2 heterocycles. The van der Waals surface area contributed by atoms with Crippen LogP contribution >= 0.6 is 11.8 Å². The summed E-state index contributed by atoms with van der Waals surface area (Å²) in [5.74, 6) is 0.0490. The van der Waals surface area contributed by atoms with Gasteiger partial charge in [0.15, 0.2) is 6.20 Å². The zero-order chi connectivity index (χ0) is 20.3. The van der Waals surface area contributed by atoms with Crippen molar-refractivity contribution in [1.82, 2.24) is 9.21 Å². The molecular weight excluding hydrogens is 398 g/mol. The van der Waals surface area contributed by atoms with Crippen LogP contribution in [0.4, 0.5) is 0 Å². The molecule has 0 unspecified atom stereocenters. The Bertz CT molecular complexity index is 971. The van der Waals surface area contributed by atoms with Crippen LogP contribution in [0.15, 0.2) is 52.5 Å². The minimum absolute atomic E-state index is 0.0999. The molecule has 2 aromatic rings. The molecule has 0 saturated carbocycles. The van der Waals surface area contributed by atoms with E-state index in [1.807, 2.05) is 19.9 Å². The van der Waals surface area contributed by atoms with Gasteiger partial charge in [0.1, 0.15) is 0 Å². The topological polar surface area (TPSA) is 84.6 Å². The van der Waals surface area contributed by atoms with Gasteiger partial charge in [-0.25, -0.2) is 8.42 Å². The molecule has 1 aliphatic heterocycles. The number of sulfonamides is 1. The number of hydrogen-bond donors (Lipinski definition) is 0. The van der Waals surface area contributed by atoms with Crippen molar-refractivity contribution >= 4 is 27.7 Å². The zero-order valence-electron chi connectivity index (χ0n) is 15.9. The number of benzene rings is 1. The molecule has 1 saturated heterocycles. The molecule has 0 atom stereocenters.